The summed E-state index contributed by atoms with van der Waals surface area (Å²) < 4.78 is 2.29. The highest BCUT2D eigenvalue weighted by atomic mass is 35.5. The number of benzene rings is 2. The highest BCUT2D eigenvalue weighted by Gasteiger charge is 2.21. The Morgan fingerprint density at radius 1 is 1.00 bits per heavy atom. The predicted octanol–water partition coefficient (Wildman–Crippen LogP) is 5.08. The average molecular weight is 434 g/mol. The Hall–Kier alpha value is -2.96. The van der Waals surface area contributed by atoms with Crippen molar-refractivity contribution in [2.24, 2.45) is 11.1 Å². The zero-order valence-electron chi connectivity index (χ0n) is 17.2. The summed E-state index contributed by atoms with van der Waals surface area (Å²) in [6, 6.07) is 18.3. The standard InChI is InChI=1S/C24H24ClN5O/c25-23-21-22(19-8-4-5-9-20(19)27-23)30(24(28-21)18-6-2-1-3-7-18)15-14-29-12-10-17(11-13-29)16-26-31/h1-9,16-17,31H,10-15H2. The predicted molar refractivity (Wildman–Crippen MR) is 125 cm³/mol. The van der Waals surface area contributed by atoms with Crippen LogP contribution in [0.25, 0.3) is 33.3 Å². The Labute approximate surface area is 185 Å². The van der Waals surface area contributed by atoms with E-state index in [1.165, 1.54) is 0 Å². The molecule has 0 saturated carbocycles. The second-order valence-electron chi connectivity index (χ2n) is 8.01. The number of likely N-dealkylation sites (tertiary alicyclic amines) is 1. The molecular weight excluding hydrogens is 410 g/mol. The first-order valence-corrected chi connectivity index (χ1v) is 11.0. The fourth-order valence-corrected chi connectivity index (χ4v) is 4.71. The normalized spacial score (nSPS) is 16.0. The summed E-state index contributed by atoms with van der Waals surface area (Å²) >= 11 is 6.57. The van der Waals surface area contributed by atoms with Crippen LogP contribution in [0.5, 0.6) is 0 Å². The first-order chi connectivity index (χ1) is 15.2. The second-order valence-corrected chi connectivity index (χ2v) is 8.37. The fourth-order valence-electron chi connectivity index (χ4n) is 4.49. The van der Waals surface area contributed by atoms with E-state index in [1.807, 2.05) is 36.4 Å². The summed E-state index contributed by atoms with van der Waals surface area (Å²) in [7, 11) is 0. The number of pyridine rings is 1. The largest absolute Gasteiger partial charge is 0.411 e. The van der Waals surface area contributed by atoms with Gasteiger partial charge >= 0.3 is 0 Å². The number of halogens is 1. The van der Waals surface area contributed by atoms with Crippen molar-refractivity contribution in [1.29, 1.82) is 0 Å². The molecule has 6 nitrogen and oxygen atoms in total. The maximum atomic E-state index is 8.79. The van der Waals surface area contributed by atoms with Crippen LogP contribution in [-0.4, -0.2) is 50.5 Å². The van der Waals surface area contributed by atoms with Crippen molar-refractivity contribution >= 4 is 39.8 Å². The minimum atomic E-state index is 0.365. The van der Waals surface area contributed by atoms with E-state index in [4.69, 9.17) is 21.8 Å². The molecule has 0 aliphatic carbocycles. The van der Waals surface area contributed by atoms with E-state index in [9.17, 15) is 0 Å². The van der Waals surface area contributed by atoms with Gasteiger partial charge in [0, 0.05) is 30.3 Å². The van der Waals surface area contributed by atoms with Crippen LogP contribution in [0.4, 0.5) is 0 Å². The van der Waals surface area contributed by atoms with Crippen molar-refractivity contribution in [3.05, 3.63) is 59.8 Å². The highest BCUT2D eigenvalue weighted by molar-refractivity contribution is 6.35. The van der Waals surface area contributed by atoms with Crippen LogP contribution in [0.2, 0.25) is 5.15 Å². The van der Waals surface area contributed by atoms with E-state index >= 15 is 0 Å². The number of hydrogen-bond acceptors (Lipinski definition) is 5. The van der Waals surface area contributed by atoms with Gasteiger partial charge in [0.05, 0.1) is 11.0 Å². The van der Waals surface area contributed by atoms with Gasteiger partial charge < -0.3 is 14.7 Å². The van der Waals surface area contributed by atoms with Gasteiger partial charge in [-0.25, -0.2) is 9.97 Å². The molecule has 0 radical (unpaired) electrons. The minimum absolute atomic E-state index is 0.365. The number of oxime groups is 1. The Morgan fingerprint density at radius 2 is 1.74 bits per heavy atom. The summed E-state index contributed by atoms with van der Waals surface area (Å²) in [6.45, 7) is 3.71. The summed E-state index contributed by atoms with van der Waals surface area (Å²) in [4.78, 5) is 12.0. The van der Waals surface area contributed by atoms with Crippen molar-refractivity contribution in [2.75, 3.05) is 19.6 Å². The van der Waals surface area contributed by atoms with E-state index in [2.05, 4.69) is 37.8 Å². The van der Waals surface area contributed by atoms with Crippen molar-refractivity contribution < 1.29 is 5.21 Å². The molecule has 1 aliphatic rings. The number of aromatic nitrogens is 3. The van der Waals surface area contributed by atoms with E-state index in [0.717, 1.165) is 72.3 Å². The number of hydrogen-bond donors (Lipinski definition) is 1. The molecule has 1 N–H and O–H groups in total. The molecule has 5 rings (SSSR count). The quantitative estimate of drug-likeness (QED) is 0.206. The summed E-state index contributed by atoms with van der Waals surface area (Å²) in [5.74, 6) is 1.28. The van der Waals surface area contributed by atoms with Gasteiger partial charge in [-0.2, -0.15) is 0 Å². The molecule has 31 heavy (non-hydrogen) atoms. The molecule has 0 bridgehead atoms. The first-order valence-electron chi connectivity index (χ1n) is 10.6. The lowest BCUT2D eigenvalue weighted by molar-refractivity contribution is 0.203. The molecule has 0 amide bonds. The maximum Gasteiger partial charge on any atom is 0.157 e. The molecule has 1 saturated heterocycles. The lowest BCUT2D eigenvalue weighted by Crippen LogP contribution is -2.36. The monoisotopic (exact) mass is 433 g/mol. The summed E-state index contributed by atoms with van der Waals surface area (Å²) in [6.07, 6.45) is 3.69. The molecular formula is C24H24ClN5O. The van der Waals surface area contributed by atoms with E-state index in [1.54, 1.807) is 6.21 Å². The lowest BCUT2D eigenvalue weighted by Gasteiger charge is -2.30. The second kappa shape index (κ2) is 8.65. The number of para-hydroxylation sites is 1. The van der Waals surface area contributed by atoms with Crippen molar-refractivity contribution in [3.63, 3.8) is 0 Å². The Morgan fingerprint density at radius 3 is 2.52 bits per heavy atom. The van der Waals surface area contributed by atoms with Crippen molar-refractivity contribution in [3.8, 4) is 11.4 Å². The highest BCUT2D eigenvalue weighted by Crippen LogP contribution is 2.33. The van der Waals surface area contributed by atoms with E-state index in [0.29, 0.717) is 11.1 Å². The average Bonchev–Trinajstić information content (AvgIpc) is 3.20. The minimum Gasteiger partial charge on any atom is -0.411 e. The molecule has 1 fully saturated rings. The van der Waals surface area contributed by atoms with Crippen molar-refractivity contribution in [2.45, 2.75) is 19.4 Å². The molecule has 0 atom stereocenters. The van der Waals surface area contributed by atoms with Crippen LogP contribution >= 0.6 is 11.6 Å². The van der Waals surface area contributed by atoms with Gasteiger partial charge in [-0.3, -0.25) is 0 Å². The van der Waals surface area contributed by atoms with Gasteiger partial charge in [0.2, 0.25) is 0 Å². The van der Waals surface area contributed by atoms with Crippen LogP contribution < -0.4 is 0 Å². The lowest BCUT2D eigenvalue weighted by atomic mass is 9.98. The van der Waals surface area contributed by atoms with Gasteiger partial charge in [0.15, 0.2) is 5.15 Å². The molecule has 3 heterocycles. The molecule has 0 spiro atoms. The van der Waals surface area contributed by atoms with Gasteiger partial charge in [-0.05, 0) is 37.9 Å². The van der Waals surface area contributed by atoms with Crippen LogP contribution in [0.3, 0.4) is 0 Å². The van der Waals surface area contributed by atoms with E-state index in [-0.39, 0.29) is 0 Å². The summed E-state index contributed by atoms with van der Waals surface area (Å²) in [5.41, 5.74) is 3.73. The van der Waals surface area contributed by atoms with Gasteiger partial charge in [0.1, 0.15) is 11.3 Å². The van der Waals surface area contributed by atoms with Crippen molar-refractivity contribution in [1.82, 2.24) is 19.4 Å². The smallest absolute Gasteiger partial charge is 0.157 e. The molecule has 7 heteroatoms. The number of nitrogens with zero attached hydrogens (tertiary/aromatic N) is 5. The SMILES string of the molecule is ON=CC1CCN(CCn2c(-c3ccccc3)nc3c(Cl)nc4ccccc4c32)CC1. The third-order valence-corrected chi connectivity index (χ3v) is 6.39. The Kier molecular flexibility index (Phi) is 5.57. The number of piperidine rings is 1. The van der Waals surface area contributed by atoms with Crippen LogP contribution in [0.1, 0.15) is 12.8 Å². The summed E-state index contributed by atoms with van der Waals surface area (Å²) in [5, 5.41) is 13.5. The Balaban J connectivity index is 1.55. The molecule has 1 aliphatic heterocycles. The molecule has 4 aromatic rings. The third kappa shape index (κ3) is 3.89. The van der Waals surface area contributed by atoms with E-state index < -0.39 is 0 Å². The number of imidazole rings is 1. The molecule has 0 unspecified atom stereocenters. The van der Waals surface area contributed by atoms with Crippen LogP contribution in [-0.2, 0) is 6.54 Å². The van der Waals surface area contributed by atoms with Gasteiger partial charge in [-0.1, -0.05) is 60.1 Å². The van der Waals surface area contributed by atoms with Crippen LogP contribution in [0.15, 0.2) is 59.8 Å². The van der Waals surface area contributed by atoms with Gasteiger partial charge in [-0.15, -0.1) is 5.16 Å². The van der Waals surface area contributed by atoms with Gasteiger partial charge in [0.25, 0.3) is 0 Å². The number of rotatable bonds is 5. The zero-order valence-corrected chi connectivity index (χ0v) is 17.9. The zero-order chi connectivity index (χ0) is 21.2. The first kappa shape index (κ1) is 20.0. The fraction of sp³-hybridized carbons (Fsp3) is 0.292. The topological polar surface area (TPSA) is 66.5 Å². The molecule has 2 aromatic heterocycles. The van der Waals surface area contributed by atoms with Crippen LogP contribution in [0, 0.1) is 5.92 Å². The number of fused-ring (bicyclic) bond motifs is 3. The maximum absolute atomic E-state index is 8.79. The molecule has 2 aromatic carbocycles. The third-order valence-electron chi connectivity index (χ3n) is 6.12. The Bertz CT molecular complexity index is 1230. The molecule has 158 valence electrons.